The van der Waals surface area contributed by atoms with Gasteiger partial charge < -0.3 is 20.5 Å². The fraction of sp³-hybridized carbons (Fsp3) is 0.417. The van der Waals surface area contributed by atoms with Gasteiger partial charge in [-0.05, 0) is 25.0 Å². The first-order valence-corrected chi connectivity index (χ1v) is 5.78. The quantitative estimate of drug-likeness (QED) is 0.726. The standard InChI is InChI=1S/C12H15N3O3/c13-7-11(16)15-9(4-5-10(15)12(17)18)8-3-1-2-6-14-8/h1-3,6,9-10H,4-5,7,13H2,(H,17,18)/p-1. The molecule has 1 aliphatic rings. The van der Waals surface area contributed by atoms with E-state index in [4.69, 9.17) is 5.73 Å². The summed E-state index contributed by atoms with van der Waals surface area (Å²) < 4.78 is 0. The Morgan fingerprint density at radius 1 is 1.44 bits per heavy atom. The summed E-state index contributed by atoms with van der Waals surface area (Å²) in [6.07, 6.45) is 2.55. The Hall–Kier alpha value is -1.95. The van der Waals surface area contributed by atoms with E-state index in [1.54, 1.807) is 24.4 Å². The van der Waals surface area contributed by atoms with Crippen LogP contribution in [-0.2, 0) is 9.59 Å². The Morgan fingerprint density at radius 2 is 2.22 bits per heavy atom. The SMILES string of the molecule is NCC(=O)N1C(C(=O)[O-])CCC1c1ccccn1. The van der Waals surface area contributed by atoms with Gasteiger partial charge in [-0.2, -0.15) is 0 Å². The second-order valence-corrected chi connectivity index (χ2v) is 4.19. The Balaban J connectivity index is 2.31. The Morgan fingerprint density at radius 3 is 2.78 bits per heavy atom. The maximum Gasteiger partial charge on any atom is 0.237 e. The van der Waals surface area contributed by atoms with Crippen LogP contribution < -0.4 is 10.8 Å². The van der Waals surface area contributed by atoms with Crippen LogP contribution in [0.25, 0.3) is 0 Å². The lowest BCUT2D eigenvalue weighted by atomic mass is 10.1. The smallest absolute Gasteiger partial charge is 0.237 e. The number of aromatic nitrogens is 1. The zero-order chi connectivity index (χ0) is 13.1. The molecule has 1 saturated heterocycles. The number of pyridine rings is 1. The number of likely N-dealkylation sites (tertiary alicyclic amines) is 1. The molecule has 0 aliphatic carbocycles. The van der Waals surface area contributed by atoms with Crippen LogP contribution in [0, 0.1) is 0 Å². The van der Waals surface area contributed by atoms with Crippen molar-refractivity contribution in [2.45, 2.75) is 24.9 Å². The van der Waals surface area contributed by atoms with Gasteiger partial charge in [0, 0.05) is 6.20 Å². The van der Waals surface area contributed by atoms with E-state index in [0.717, 1.165) is 0 Å². The van der Waals surface area contributed by atoms with E-state index < -0.39 is 17.9 Å². The molecular formula is C12H14N3O3-. The van der Waals surface area contributed by atoms with Gasteiger partial charge in [-0.25, -0.2) is 0 Å². The van der Waals surface area contributed by atoms with Crippen LogP contribution in [0.2, 0.25) is 0 Å². The lowest BCUT2D eigenvalue weighted by Gasteiger charge is -2.30. The molecule has 0 radical (unpaired) electrons. The predicted octanol–water partition coefficient (Wildman–Crippen LogP) is -1.18. The molecule has 1 aromatic heterocycles. The van der Waals surface area contributed by atoms with Crippen molar-refractivity contribution in [2.75, 3.05) is 6.54 Å². The molecule has 2 heterocycles. The van der Waals surface area contributed by atoms with Crippen LogP contribution in [-0.4, -0.2) is 34.3 Å². The number of carbonyl (C=O) groups excluding carboxylic acids is 2. The molecular weight excluding hydrogens is 234 g/mol. The maximum atomic E-state index is 11.8. The van der Waals surface area contributed by atoms with Crippen LogP contribution in [0.5, 0.6) is 0 Å². The molecule has 6 nitrogen and oxygen atoms in total. The zero-order valence-corrected chi connectivity index (χ0v) is 9.78. The van der Waals surface area contributed by atoms with Crippen molar-refractivity contribution in [3.8, 4) is 0 Å². The third-order valence-corrected chi connectivity index (χ3v) is 3.15. The van der Waals surface area contributed by atoms with Crippen LogP contribution in [0.3, 0.4) is 0 Å². The van der Waals surface area contributed by atoms with E-state index >= 15 is 0 Å². The van der Waals surface area contributed by atoms with Crippen molar-refractivity contribution >= 4 is 11.9 Å². The fourth-order valence-electron chi connectivity index (χ4n) is 2.36. The Bertz CT molecular complexity index is 449. The van der Waals surface area contributed by atoms with E-state index in [0.29, 0.717) is 18.5 Å². The van der Waals surface area contributed by atoms with Crippen molar-refractivity contribution in [1.29, 1.82) is 0 Å². The van der Waals surface area contributed by atoms with E-state index in [-0.39, 0.29) is 12.6 Å². The summed E-state index contributed by atoms with van der Waals surface area (Å²) in [5, 5.41) is 11.0. The number of amides is 1. The number of carboxylic acid groups (broad SMARTS) is 1. The van der Waals surface area contributed by atoms with E-state index in [2.05, 4.69) is 4.98 Å². The molecule has 0 spiro atoms. The van der Waals surface area contributed by atoms with E-state index in [1.807, 2.05) is 0 Å². The normalized spacial score (nSPS) is 23.1. The molecule has 0 aromatic carbocycles. The monoisotopic (exact) mass is 248 g/mol. The predicted molar refractivity (Wildman–Crippen MR) is 60.9 cm³/mol. The maximum absolute atomic E-state index is 11.8. The molecule has 2 unspecified atom stereocenters. The number of aliphatic carboxylic acids is 1. The summed E-state index contributed by atoms with van der Waals surface area (Å²) in [5.74, 6) is -1.63. The minimum atomic E-state index is -1.24. The van der Waals surface area contributed by atoms with Gasteiger partial charge >= 0.3 is 0 Å². The molecule has 1 amide bonds. The molecule has 1 aliphatic heterocycles. The second-order valence-electron chi connectivity index (χ2n) is 4.19. The van der Waals surface area contributed by atoms with Gasteiger partial charge in [0.15, 0.2) is 0 Å². The van der Waals surface area contributed by atoms with Crippen LogP contribution in [0.4, 0.5) is 0 Å². The number of hydrogen-bond donors (Lipinski definition) is 1. The highest BCUT2D eigenvalue weighted by molar-refractivity contribution is 5.85. The van der Waals surface area contributed by atoms with Crippen molar-refractivity contribution in [3.05, 3.63) is 30.1 Å². The summed E-state index contributed by atoms with van der Waals surface area (Å²) in [7, 11) is 0. The molecule has 1 aromatic rings. The highest BCUT2D eigenvalue weighted by atomic mass is 16.4. The highest BCUT2D eigenvalue weighted by Gasteiger charge is 2.38. The van der Waals surface area contributed by atoms with Gasteiger partial charge in [-0.1, -0.05) is 6.07 Å². The van der Waals surface area contributed by atoms with Gasteiger partial charge in [-0.15, -0.1) is 0 Å². The van der Waals surface area contributed by atoms with Crippen LogP contribution >= 0.6 is 0 Å². The van der Waals surface area contributed by atoms with Gasteiger partial charge in [0.1, 0.15) is 0 Å². The second kappa shape index (κ2) is 5.14. The first kappa shape index (κ1) is 12.5. The van der Waals surface area contributed by atoms with E-state index in [9.17, 15) is 14.7 Å². The third-order valence-electron chi connectivity index (χ3n) is 3.15. The number of carbonyl (C=O) groups is 2. The summed E-state index contributed by atoms with van der Waals surface area (Å²) in [5.41, 5.74) is 6.01. The summed E-state index contributed by atoms with van der Waals surface area (Å²) in [6.45, 7) is -0.215. The third kappa shape index (κ3) is 2.19. The molecule has 2 atom stereocenters. The molecule has 2 N–H and O–H groups in total. The molecule has 18 heavy (non-hydrogen) atoms. The first-order chi connectivity index (χ1) is 8.65. The Kier molecular flexibility index (Phi) is 3.57. The van der Waals surface area contributed by atoms with Crippen molar-refractivity contribution in [1.82, 2.24) is 9.88 Å². The van der Waals surface area contributed by atoms with E-state index in [1.165, 1.54) is 4.90 Å². The minimum Gasteiger partial charge on any atom is -0.548 e. The summed E-state index contributed by atoms with van der Waals surface area (Å²) >= 11 is 0. The molecule has 96 valence electrons. The lowest BCUT2D eigenvalue weighted by molar-refractivity contribution is -0.310. The Labute approximate surface area is 104 Å². The lowest BCUT2D eigenvalue weighted by Crippen LogP contribution is -2.49. The molecule has 0 bridgehead atoms. The zero-order valence-electron chi connectivity index (χ0n) is 9.78. The number of carboxylic acids is 1. The largest absolute Gasteiger partial charge is 0.548 e. The van der Waals surface area contributed by atoms with Gasteiger partial charge in [0.2, 0.25) is 5.91 Å². The number of nitrogens with zero attached hydrogens (tertiary/aromatic N) is 2. The number of nitrogens with two attached hydrogens (primary N) is 1. The molecule has 2 rings (SSSR count). The fourth-order valence-corrected chi connectivity index (χ4v) is 2.36. The average molecular weight is 248 g/mol. The summed E-state index contributed by atoms with van der Waals surface area (Å²) in [4.78, 5) is 28.3. The molecule has 0 saturated carbocycles. The van der Waals surface area contributed by atoms with Crippen LogP contribution in [0.1, 0.15) is 24.6 Å². The van der Waals surface area contributed by atoms with Crippen molar-refractivity contribution < 1.29 is 14.7 Å². The van der Waals surface area contributed by atoms with Gasteiger partial charge in [-0.3, -0.25) is 9.78 Å². The topological polar surface area (TPSA) is 99.4 Å². The van der Waals surface area contributed by atoms with Crippen molar-refractivity contribution in [2.24, 2.45) is 5.73 Å². The number of hydrogen-bond acceptors (Lipinski definition) is 5. The molecule has 6 heteroatoms. The van der Waals surface area contributed by atoms with Gasteiger partial charge in [0.25, 0.3) is 0 Å². The first-order valence-electron chi connectivity index (χ1n) is 5.78. The van der Waals surface area contributed by atoms with Crippen LogP contribution in [0.15, 0.2) is 24.4 Å². The highest BCUT2D eigenvalue weighted by Crippen LogP contribution is 2.34. The van der Waals surface area contributed by atoms with Gasteiger partial charge in [0.05, 0.1) is 30.3 Å². The summed E-state index contributed by atoms with van der Waals surface area (Å²) in [6, 6.07) is 4.11. The average Bonchev–Trinajstić information content (AvgIpc) is 2.83. The number of rotatable bonds is 3. The molecule has 1 fully saturated rings. The minimum absolute atomic E-state index is 0.215. The van der Waals surface area contributed by atoms with Crippen molar-refractivity contribution in [3.63, 3.8) is 0 Å².